The maximum absolute atomic E-state index is 11.8. The van der Waals surface area contributed by atoms with Crippen molar-refractivity contribution in [3.05, 3.63) is 29.8 Å². The van der Waals surface area contributed by atoms with Crippen LogP contribution in [0, 0.1) is 17.2 Å². The van der Waals surface area contributed by atoms with Gasteiger partial charge in [0.15, 0.2) is 0 Å². The largest absolute Gasteiger partial charge is 0.381 e. The van der Waals surface area contributed by atoms with E-state index in [0.29, 0.717) is 36.8 Å². The number of hydrogen-bond acceptors (Lipinski definition) is 4. The second kappa shape index (κ2) is 8.40. The van der Waals surface area contributed by atoms with Gasteiger partial charge in [-0.1, -0.05) is 12.1 Å². The van der Waals surface area contributed by atoms with E-state index in [9.17, 15) is 4.79 Å². The summed E-state index contributed by atoms with van der Waals surface area (Å²) in [5.74, 6) is 0.408. The van der Waals surface area contributed by atoms with Gasteiger partial charge in [0, 0.05) is 19.8 Å². The summed E-state index contributed by atoms with van der Waals surface area (Å²) in [6.07, 6.45) is 2.35. The number of hydrogen-bond donors (Lipinski definition) is 1. The summed E-state index contributed by atoms with van der Waals surface area (Å²) in [6, 6.07) is 9.01. The molecule has 21 heavy (non-hydrogen) atoms. The molecule has 1 aromatic rings. The lowest BCUT2D eigenvalue weighted by atomic mass is 10.0. The van der Waals surface area contributed by atoms with E-state index in [0.717, 1.165) is 26.1 Å². The van der Waals surface area contributed by atoms with Crippen LogP contribution in [0.1, 0.15) is 24.8 Å². The fourth-order valence-electron chi connectivity index (χ4n) is 2.23. The molecule has 2 rings (SSSR count). The number of carbonyl (C=O) groups is 1. The zero-order chi connectivity index (χ0) is 14.9. The van der Waals surface area contributed by atoms with E-state index in [2.05, 4.69) is 11.4 Å². The lowest BCUT2D eigenvalue weighted by Crippen LogP contribution is -2.21. The number of para-hydroxylation sites is 1. The van der Waals surface area contributed by atoms with Crippen molar-refractivity contribution in [3.63, 3.8) is 0 Å². The summed E-state index contributed by atoms with van der Waals surface area (Å²) in [5, 5.41) is 11.7. The maximum atomic E-state index is 11.8. The minimum absolute atomic E-state index is 0.135. The zero-order valence-corrected chi connectivity index (χ0v) is 12.0. The van der Waals surface area contributed by atoms with E-state index in [1.807, 2.05) is 0 Å². The van der Waals surface area contributed by atoms with Crippen LogP contribution in [-0.4, -0.2) is 32.3 Å². The van der Waals surface area contributed by atoms with Gasteiger partial charge in [-0.15, -0.1) is 0 Å². The molecule has 1 amide bonds. The molecule has 0 unspecified atom stereocenters. The Balaban J connectivity index is 1.66. The van der Waals surface area contributed by atoms with Crippen molar-refractivity contribution in [2.45, 2.75) is 19.3 Å². The van der Waals surface area contributed by atoms with Crippen molar-refractivity contribution in [1.82, 2.24) is 0 Å². The molecule has 1 N–H and O–H groups in total. The highest BCUT2D eigenvalue weighted by molar-refractivity contribution is 5.92. The van der Waals surface area contributed by atoms with E-state index in [4.69, 9.17) is 14.7 Å². The summed E-state index contributed by atoms with van der Waals surface area (Å²) < 4.78 is 10.8. The third-order valence-corrected chi connectivity index (χ3v) is 3.49. The number of nitrogens with one attached hydrogen (secondary N) is 1. The van der Waals surface area contributed by atoms with Gasteiger partial charge in [0.2, 0.25) is 5.91 Å². The number of rotatable bonds is 6. The lowest BCUT2D eigenvalue weighted by molar-refractivity contribution is -0.117. The molecular weight excluding hydrogens is 268 g/mol. The molecule has 1 aromatic carbocycles. The van der Waals surface area contributed by atoms with Crippen LogP contribution in [0.3, 0.4) is 0 Å². The predicted octanol–water partition coefficient (Wildman–Crippen LogP) is 2.33. The Morgan fingerprint density at radius 1 is 1.38 bits per heavy atom. The highest BCUT2D eigenvalue weighted by atomic mass is 16.5. The van der Waals surface area contributed by atoms with Crippen LogP contribution in [0.15, 0.2) is 24.3 Å². The molecule has 0 spiro atoms. The van der Waals surface area contributed by atoms with E-state index >= 15 is 0 Å². The lowest BCUT2D eigenvalue weighted by Gasteiger charge is -2.21. The first-order valence-corrected chi connectivity index (χ1v) is 7.24. The van der Waals surface area contributed by atoms with Crippen molar-refractivity contribution in [2.24, 2.45) is 5.92 Å². The summed E-state index contributed by atoms with van der Waals surface area (Å²) in [4.78, 5) is 11.8. The van der Waals surface area contributed by atoms with Gasteiger partial charge >= 0.3 is 0 Å². The minimum Gasteiger partial charge on any atom is -0.381 e. The van der Waals surface area contributed by atoms with Gasteiger partial charge in [-0.25, -0.2) is 0 Å². The van der Waals surface area contributed by atoms with Gasteiger partial charge in [-0.2, -0.15) is 5.26 Å². The quantitative estimate of drug-likeness (QED) is 0.815. The average molecular weight is 288 g/mol. The Bertz CT molecular complexity index is 504. The SMILES string of the molecule is N#Cc1ccccc1NC(=O)CCOCC1CCOCC1. The van der Waals surface area contributed by atoms with E-state index in [1.54, 1.807) is 24.3 Å². The number of amides is 1. The zero-order valence-electron chi connectivity index (χ0n) is 12.0. The molecular formula is C16H20N2O3. The molecule has 1 fully saturated rings. The molecule has 0 aliphatic carbocycles. The highest BCUT2D eigenvalue weighted by Gasteiger charge is 2.14. The number of nitriles is 1. The van der Waals surface area contributed by atoms with Gasteiger partial charge in [0.1, 0.15) is 6.07 Å². The predicted molar refractivity (Wildman–Crippen MR) is 78.8 cm³/mol. The Kier molecular flexibility index (Phi) is 6.20. The van der Waals surface area contributed by atoms with Crippen LogP contribution in [0.4, 0.5) is 5.69 Å². The second-order valence-electron chi connectivity index (χ2n) is 5.09. The second-order valence-corrected chi connectivity index (χ2v) is 5.09. The monoisotopic (exact) mass is 288 g/mol. The van der Waals surface area contributed by atoms with E-state index < -0.39 is 0 Å². The number of ether oxygens (including phenoxy) is 2. The molecule has 0 atom stereocenters. The first-order valence-electron chi connectivity index (χ1n) is 7.24. The van der Waals surface area contributed by atoms with Gasteiger partial charge in [-0.05, 0) is 30.9 Å². The number of anilines is 1. The highest BCUT2D eigenvalue weighted by Crippen LogP contribution is 2.15. The summed E-state index contributed by atoms with van der Waals surface area (Å²) >= 11 is 0. The molecule has 112 valence electrons. The van der Waals surface area contributed by atoms with E-state index in [-0.39, 0.29) is 5.91 Å². The Labute approximate surface area is 124 Å². The van der Waals surface area contributed by atoms with Crippen molar-refractivity contribution < 1.29 is 14.3 Å². The van der Waals surface area contributed by atoms with Crippen LogP contribution >= 0.6 is 0 Å². The molecule has 1 heterocycles. The summed E-state index contributed by atoms with van der Waals surface area (Å²) in [6.45, 7) is 2.70. The van der Waals surface area contributed by atoms with Crippen LogP contribution in [0.25, 0.3) is 0 Å². The molecule has 5 heteroatoms. The Hall–Kier alpha value is -1.90. The molecule has 1 aliphatic heterocycles. The third-order valence-electron chi connectivity index (χ3n) is 3.49. The van der Waals surface area contributed by atoms with Crippen LogP contribution in [0.5, 0.6) is 0 Å². The van der Waals surface area contributed by atoms with Crippen molar-refractivity contribution >= 4 is 11.6 Å². The topological polar surface area (TPSA) is 71.4 Å². The molecule has 0 bridgehead atoms. The minimum atomic E-state index is -0.135. The first kappa shape index (κ1) is 15.5. The summed E-state index contributed by atoms with van der Waals surface area (Å²) in [7, 11) is 0. The fourth-order valence-corrected chi connectivity index (χ4v) is 2.23. The molecule has 0 aromatic heterocycles. The Morgan fingerprint density at radius 2 is 2.14 bits per heavy atom. The van der Waals surface area contributed by atoms with E-state index in [1.165, 1.54) is 0 Å². The van der Waals surface area contributed by atoms with Crippen LogP contribution in [-0.2, 0) is 14.3 Å². The van der Waals surface area contributed by atoms with Crippen LogP contribution < -0.4 is 5.32 Å². The smallest absolute Gasteiger partial charge is 0.226 e. The standard InChI is InChI=1S/C16H20N2O3/c17-11-14-3-1-2-4-15(14)18-16(19)7-10-21-12-13-5-8-20-9-6-13/h1-4,13H,5-10,12H2,(H,18,19). The van der Waals surface area contributed by atoms with Crippen molar-refractivity contribution in [3.8, 4) is 6.07 Å². The Morgan fingerprint density at radius 3 is 2.90 bits per heavy atom. The van der Waals surface area contributed by atoms with Gasteiger partial charge in [-0.3, -0.25) is 4.79 Å². The summed E-state index contributed by atoms with van der Waals surface area (Å²) in [5.41, 5.74) is 1.02. The fraction of sp³-hybridized carbons (Fsp3) is 0.500. The van der Waals surface area contributed by atoms with Crippen molar-refractivity contribution in [2.75, 3.05) is 31.7 Å². The average Bonchev–Trinajstić information content (AvgIpc) is 2.53. The maximum Gasteiger partial charge on any atom is 0.226 e. The number of carbonyl (C=O) groups excluding carboxylic acids is 1. The first-order chi connectivity index (χ1) is 10.3. The van der Waals surface area contributed by atoms with Gasteiger partial charge < -0.3 is 14.8 Å². The molecule has 1 saturated heterocycles. The van der Waals surface area contributed by atoms with Gasteiger partial charge in [0.25, 0.3) is 0 Å². The van der Waals surface area contributed by atoms with Crippen molar-refractivity contribution in [1.29, 1.82) is 5.26 Å². The molecule has 5 nitrogen and oxygen atoms in total. The number of nitrogens with zero attached hydrogens (tertiary/aromatic N) is 1. The molecule has 0 saturated carbocycles. The number of benzene rings is 1. The molecule has 1 aliphatic rings. The normalized spacial score (nSPS) is 15.4. The van der Waals surface area contributed by atoms with Crippen LogP contribution in [0.2, 0.25) is 0 Å². The van der Waals surface area contributed by atoms with Gasteiger partial charge in [0.05, 0.1) is 24.3 Å². The third kappa shape index (κ3) is 5.18. The molecule has 0 radical (unpaired) electrons.